The fourth-order valence-electron chi connectivity index (χ4n) is 4.22. The minimum atomic E-state index is -0.0744. The van der Waals surface area contributed by atoms with Gasteiger partial charge in [0.1, 0.15) is 5.75 Å². The second kappa shape index (κ2) is 10.2. The number of ether oxygens (including phenoxy) is 1. The predicted molar refractivity (Wildman–Crippen MR) is 129 cm³/mol. The Morgan fingerprint density at radius 1 is 1.32 bits per heavy atom. The Bertz CT molecular complexity index is 1170. The highest BCUT2D eigenvalue weighted by Gasteiger charge is 2.23. The zero-order valence-electron chi connectivity index (χ0n) is 19.8. The quantitative estimate of drug-likeness (QED) is 0.433. The third kappa shape index (κ3) is 5.21. The number of anilines is 1. The fraction of sp³-hybridized carbons (Fsp3) is 0.400. The molecular formula is C25H31N5O4. The second-order valence-corrected chi connectivity index (χ2v) is 8.75. The molecule has 1 amide bonds. The van der Waals surface area contributed by atoms with E-state index in [1.165, 1.54) is 11.1 Å². The van der Waals surface area contributed by atoms with E-state index >= 15 is 0 Å². The molecule has 0 saturated heterocycles. The molecule has 3 aromatic rings. The van der Waals surface area contributed by atoms with Crippen LogP contribution in [-0.2, 0) is 17.8 Å². The maximum Gasteiger partial charge on any atom is 0.258 e. The normalized spacial score (nSPS) is 13.7. The van der Waals surface area contributed by atoms with E-state index in [9.17, 15) is 4.79 Å². The Labute approximate surface area is 198 Å². The van der Waals surface area contributed by atoms with Gasteiger partial charge in [-0.3, -0.25) is 9.69 Å². The Morgan fingerprint density at radius 2 is 2.15 bits per heavy atom. The van der Waals surface area contributed by atoms with Gasteiger partial charge in [-0.05, 0) is 62.1 Å². The number of nitrogens with one attached hydrogen (secondary N) is 1. The Balaban J connectivity index is 1.51. The number of aromatic nitrogens is 2. The largest absolute Gasteiger partial charge is 0.489 e. The number of nitrogens with zero attached hydrogens (tertiary/aromatic N) is 3. The third-order valence-electron chi connectivity index (χ3n) is 5.85. The highest BCUT2D eigenvalue weighted by Crippen LogP contribution is 2.32. The summed E-state index contributed by atoms with van der Waals surface area (Å²) in [6.45, 7) is 8.00. The average molecular weight is 466 g/mol. The molecule has 4 N–H and O–H groups in total. The van der Waals surface area contributed by atoms with Gasteiger partial charge >= 0.3 is 0 Å². The van der Waals surface area contributed by atoms with Crippen molar-refractivity contribution in [1.82, 2.24) is 20.4 Å². The summed E-state index contributed by atoms with van der Waals surface area (Å²) >= 11 is 0. The lowest BCUT2D eigenvalue weighted by Crippen LogP contribution is -2.40. The highest BCUT2D eigenvalue weighted by atomic mass is 16.5. The minimum Gasteiger partial charge on any atom is -0.489 e. The van der Waals surface area contributed by atoms with Gasteiger partial charge in [-0.15, -0.1) is 0 Å². The minimum absolute atomic E-state index is 0.0330. The van der Waals surface area contributed by atoms with Crippen molar-refractivity contribution in [2.24, 2.45) is 0 Å². The number of amides is 1. The number of nitrogen functional groups attached to an aromatic ring is 1. The van der Waals surface area contributed by atoms with Crippen molar-refractivity contribution in [3.8, 4) is 28.6 Å². The first-order valence-electron chi connectivity index (χ1n) is 11.5. The van der Waals surface area contributed by atoms with Gasteiger partial charge in [0.05, 0.1) is 24.9 Å². The van der Waals surface area contributed by atoms with E-state index in [1.54, 1.807) is 6.07 Å². The number of benzene rings is 2. The molecule has 0 fully saturated rings. The van der Waals surface area contributed by atoms with Crippen LogP contribution in [0.25, 0.3) is 22.8 Å². The van der Waals surface area contributed by atoms with Crippen LogP contribution in [0.3, 0.4) is 0 Å². The number of hydrogen-bond donors (Lipinski definition) is 3. The maximum atomic E-state index is 12.0. The van der Waals surface area contributed by atoms with Gasteiger partial charge in [-0.2, -0.15) is 4.98 Å². The van der Waals surface area contributed by atoms with Gasteiger partial charge in [0.2, 0.25) is 11.7 Å². The highest BCUT2D eigenvalue weighted by molar-refractivity contribution is 5.78. The monoisotopic (exact) mass is 465 g/mol. The van der Waals surface area contributed by atoms with Crippen molar-refractivity contribution in [2.75, 3.05) is 32.0 Å². The standard InChI is InChI=1S/C25H31N5O4/c1-15(2)33-22-7-5-17(12-21(22)26)25-28-24(29-34-25)20-6-4-18-13-30(10-8-19(18)16(20)3)14-23(32)27-9-11-31/h4-7,12,15,31H,8-11,13-14,26H2,1-3H3,(H,27,32). The first kappa shape index (κ1) is 23.7. The first-order valence-corrected chi connectivity index (χ1v) is 11.5. The van der Waals surface area contributed by atoms with E-state index in [-0.39, 0.29) is 25.2 Å². The van der Waals surface area contributed by atoms with E-state index in [4.69, 9.17) is 20.1 Å². The number of carbonyl (C=O) groups excluding carboxylic acids is 1. The molecular weight excluding hydrogens is 434 g/mol. The van der Waals surface area contributed by atoms with E-state index < -0.39 is 0 Å². The fourth-order valence-corrected chi connectivity index (χ4v) is 4.22. The first-order chi connectivity index (χ1) is 16.4. The molecule has 1 aliphatic heterocycles. The summed E-state index contributed by atoms with van der Waals surface area (Å²) in [6, 6.07) is 9.53. The number of hydrogen-bond acceptors (Lipinski definition) is 8. The summed E-state index contributed by atoms with van der Waals surface area (Å²) in [4.78, 5) is 18.7. The molecule has 0 bridgehead atoms. The third-order valence-corrected chi connectivity index (χ3v) is 5.85. The van der Waals surface area contributed by atoms with Crippen LogP contribution in [0.4, 0.5) is 5.69 Å². The number of carbonyl (C=O) groups is 1. The molecule has 0 radical (unpaired) electrons. The molecule has 0 unspecified atom stereocenters. The van der Waals surface area contributed by atoms with Crippen molar-refractivity contribution in [3.05, 3.63) is 47.0 Å². The van der Waals surface area contributed by atoms with Gasteiger partial charge in [-0.25, -0.2) is 0 Å². The van der Waals surface area contributed by atoms with Crippen LogP contribution in [-0.4, -0.2) is 58.4 Å². The summed E-state index contributed by atoms with van der Waals surface area (Å²) in [6.07, 6.45) is 0.867. The molecule has 9 nitrogen and oxygen atoms in total. The van der Waals surface area contributed by atoms with Crippen LogP contribution >= 0.6 is 0 Å². The Hall–Kier alpha value is -3.43. The van der Waals surface area contributed by atoms with Crippen molar-refractivity contribution < 1.29 is 19.2 Å². The lowest BCUT2D eigenvalue weighted by atomic mass is 9.91. The lowest BCUT2D eigenvalue weighted by Gasteiger charge is -2.29. The summed E-state index contributed by atoms with van der Waals surface area (Å²) < 4.78 is 11.2. The smallest absolute Gasteiger partial charge is 0.258 e. The summed E-state index contributed by atoms with van der Waals surface area (Å²) in [5.41, 5.74) is 11.9. The maximum absolute atomic E-state index is 12.0. The Morgan fingerprint density at radius 3 is 2.88 bits per heavy atom. The predicted octanol–water partition coefficient (Wildman–Crippen LogP) is 2.55. The van der Waals surface area contributed by atoms with Crippen molar-refractivity contribution in [2.45, 2.75) is 39.8 Å². The molecule has 0 atom stereocenters. The summed E-state index contributed by atoms with van der Waals surface area (Å²) in [5, 5.41) is 15.8. The van der Waals surface area contributed by atoms with Crippen LogP contribution in [0.15, 0.2) is 34.9 Å². The van der Waals surface area contributed by atoms with E-state index in [2.05, 4.69) is 33.3 Å². The molecule has 0 saturated carbocycles. The molecule has 4 rings (SSSR count). The van der Waals surface area contributed by atoms with E-state index in [0.29, 0.717) is 36.2 Å². The molecule has 1 aromatic heterocycles. The number of rotatable bonds is 8. The van der Waals surface area contributed by atoms with Gasteiger partial charge in [0.25, 0.3) is 5.89 Å². The number of nitrogens with two attached hydrogens (primary N) is 1. The van der Waals surface area contributed by atoms with E-state index in [0.717, 1.165) is 29.7 Å². The van der Waals surface area contributed by atoms with Gasteiger partial charge in [-0.1, -0.05) is 17.3 Å². The molecule has 2 heterocycles. The topological polar surface area (TPSA) is 127 Å². The van der Waals surface area contributed by atoms with Crippen molar-refractivity contribution >= 4 is 11.6 Å². The number of fused-ring (bicyclic) bond motifs is 1. The molecule has 9 heteroatoms. The van der Waals surface area contributed by atoms with Crippen LogP contribution in [0.2, 0.25) is 0 Å². The zero-order valence-corrected chi connectivity index (χ0v) is 19.8. The summed E-state index contributed by atoms with van der Waals surface area (Å²) in [5.74, 6) is 1.48. The van der Waals surface area contributed by atoms with Crippen LogP contribution in [0.1, 0.15) is 30.5 Å². The second-order valence-electron chi connectivity index (χ2n) is 8.75. The SMILES string of the molecule is Cc1c(-c2noc(-c3ccc(OC(C)C)c(N)c3)n2)ccc2c1CCN(CC(=O)NCCO)C2. The van der Waals surface area contributed by atoms with Crippen LogP contribution < -0.4 is 15.8 Å². The molecule has 0 aliphatic carbocycles. The van der Waals surface area contributed by atoms with Crippen molar-refractivity contribution in [3.63, 3.8) is 0 Å². The van der Waals surface area contributed by atoms with Crippen molar-refractivity contribution in [1.29, 1.82) is 0 Å². The number of aliphatic hydroxyl groups excluding tert-OH is 1. The molecule has 180 valence electrons. The summed E-state index contributed by atoms with van der Waals surface area (Å²) in [7, 11) is 0. The molecule has 1 aliphatic rings. The molecule has 0 spiro atoms. The van der Waals surface area contributed by atoms with E-state index in [1.807, 2.05) is 32.0 Å². The molecule has 34 heavy (non-hydrogen) atoms. The van der Waals surface area contributed by atoms with Gasteiger partial charge in [0, 0.05) is 30.8 Å². The van der Waals surface area contributed by atoms with Crippen LogP contribution in [0, 0.1) is 6.92 Å². The molecule has 2 aromatic carbocycles. The zero-order chi connectivity index (χ0) is 24.2. The van der Waals surface area contributed by atoms with Crippen LogP contribution in [0.5, 0.6) is 5.75 Å². The number of aliphatic hydroxyl groups is 1. The average Bonchev–Trinajstić information content (AvgIpc) is 3.29. The van der Waals surface area contributed by atoms with Gasteiger partial charge in [0.15, 0.2) is 0 Å². The lowest BCUT2D eigenvalue weighted by molar-refractivity contribution is -0.122. The Kier molecular flexibility index (Phi) is 7.14. The van der Waals surface area contributed by atoms with Gasteiger partial charge < -0.3 is 25.4 Å².